The molecule has 1 aromatic heterocycles. The summed E-state index contributed by atoms with van der Waals surface area (Å²) in [6.45, 7) is 3.60. The van der Waals surface area contributed by atoms with Crippen LogP contribution in [0.3, 0.4) is 0 Å². The SMILES string of the molecule is Clc1ccc(C2CN(Cc3ccccc3)CC2CCOc2ccc(Br)cn2)cc1Cl. The highest BCUT2D eigenvalue weighted by molar-refractivity contribution is 9.10. The highest BCUT2D eigenvalue weighted by atomic mass is 79.9. The van der Waals surface area contributed by atoms with Gasteiger partial charge in [0.25, 0.3) is 0 Å². The lowest BCUT2D eigenvalue weighted by molar-refractivity contribution is 0.256. The molecule has 156 valence electrons. The van der Waals surface area contributed by atoms with Gasteiger partial charge >= 0.3 is 0 Å². The summed E-state index contributed by atoms with van der Waals surface area (Å²) in [5, 5.41) is 1.21. The Balaban J connectivity index is 1.45. The molecule has 2 aromatic carbocycles. The first-order chi connectivity index (χ1) is 14.6. The van der Waals surface area contributed by atoms with Crippen LogP contribution in [0.25, 0.3) is 0 Å². The molecular formula is C24H23BrCl2N2O. The van der Waals surface area contributed by atoms with E-state index < -0.39 is 0 Å². The Morgan fingerprint density at radius 3 is 2.57 bits per heavy atom. The second-order valence-corrected chi connectivity index (χ2v) is 9.40. The largest absolute Gasteiger partial charge is 0.478 e. The van der Waals surface area contributed by atoms with Gasteiger partial charge in [0.2, 0.25) is 5.88 Å². The van der Waals surface area contributed by atoms with Crippen LogP contribution in [0, 0.1) is 5.92 Å². The Labute approximate surface area is 196 Å². The highest BCUT2D eigenvalue weighted by Gasteiger charge is 2.33. The number of hydrogen-bond donors (Lipinski definition) is 0. The quantitative estimate of drug-likeness (QED) is 0.351. The third-order valence-corrected chi connectivity index (χ3v) is 6.78. The third kappa shape index (κ3) is 5.55. The summed E-state index contributed by atoms with van der Waals surface area (Å²) in [5.74, 6) is 1.52. The summed E-state index contributed by atoms with van der Waals surface area (Å²) in [7, 11) is 0. The predicted molar refractivity (Wildman–Crippen MR) is 126 cm³/mol. The molecule has 4 rings (SSSR count). The number of likely N-dealkylation sites (tertiary alicyclic amines) is 1. The highest BCUT2D eigenvalue weighted by Crippen LogP contribution is 2.37. The van der Waals surface area contributed by atoms with Gasteiger partial charge in [-0.2, -0.15) is 0 Å². The number of hydrogen-bond acceptors (Lipinski definition) is 3. The van der Waals surface area contributed by atoms with Gasteiger partial charge in [-0.25, -0.2) is 4.98 Å². The fourth-order valence-corrected chi connectivity index (χ4v) is 4.65. The number of aromatic nitrogens is 1. The van der Waals surface area contributed by atoms with Crippen molar-refractivity contribution < 1.29 is 4.74 Å². The summed E-state index contributed by atoms with van der Waals surface area (Å²) in [4.78, 5) is 6.82. The first kappa shape index (κ1) is 21.6. The molecule has 0 amide bonds. The first-order valence-electron chi connectivity index (χ1n) is 10.0. The normalized spacial score (nSPS) is 19.2. The van der Waals surface area contributed by atoms with Gasteiger partial charge in [0.15, 0.2) is 0 Å². The Morgan fingerprint density at radius 1 is 1.00 bits per heavy atom. The molecule has 1 fully saturated rings. The Kier molecular flexibility index (Phi) is 7.32. The zero-order chi connectivity index (χ0) is 20.9. The van der Waals surface area contributed by atoms with Crippen molar-refractivity contribution in [2.24, 2.45) is 5.92 Å². The molecule has 0 saturated carbocycles. The van der Waals surface area contributed by atoms with Crippen LogP contribution in [0.5, 0.6) is 5.88 Å². The van der Waals surface area contributed by atoms with E-state index in [1.807, 2.05) is 24.3 Å². The van der Waals surface area contributed by atoms with Crippen LogP contribution < -0.4 is 4.74 Å². The van der Waals surface area contributed by atoms with Gasteiger partial charge in [-0.15, -0.1) is 0 Å². The minimum Gasteiger partial charge on any atom is -0.478 e. The molecule has 1 saturated heterocycles. The molecule has 2 atom stereocenters. The van der Waals surface area contributed by atoms with Crippen molar-refractivity contribution in [2.75, 3.05) is 19.7 Å². The number of halogens is 3. The second-order valence-electron chi connectivity index (χ2n) is 7.67. The van der Waals surface area contributed by atoms with Crippen molar-refractivity contribution >= 4 is 39.1 Å². The van der Waals surface area contributed by atoms with Crippen LogP contribution in [0.1, 0.15) is 23.5 Å². The minimum atomic E-state index is 0.393. The molecule has 1 aliphatic rings. The van der Waals surface area contributed by atoms with E-state index in [2.05, 4.69) is 62.2 Å². The summed E-state index contributed by atoms with van der Waals surface area (Å²) in [6, 6.07) is 20.5. The van der Waals surface area contributed by atoms with Crippen molar-refractivity contribution in [2.45, 2.75) is 18.9 Å². The molecule has 3 aromatic rings. The van der Waals surface area contributed by atoms with Crippen LogP contribution in [0.2, 0.25) is 10.0 Å². The number of rotatable bonds is 7. The first-order valence-corrected chi connectivity index (χ1v) is 11.6. The molecule has 1 aliphatic heterocycles. The van der Waals surface area contributed by atoms with Gasteiger partial charge < -0.3 is 4.74 Å². The molecule has 2 unspecified atom stereocenters. The van der Waals surface area contributed by atoms with Gasteiger partial charge in [-0.3, -0.25) is 4.90 Å². The van der Waals surface area contributed by atoms with Crippen molar-refractivity contribution in [1.29, 1.82) is 0 Å². The van der Waals surface area contributed by atoms with Crippen molar-refractivity contribution in [1.82, 2.24) is 9.88 Å². The lowest BCUT2D eigenvalue weighted by Crippen LogP contribution is -2.20. The van der Waals surface area contributed by atoms with Gasteiger partial charge in [0.1, 0.15) is 0 Å². The molecule has 0 aliphatic carbocycles. The Hall–Kier alpha value is -1.59. The zero-order valence-corrected chi connectivity index (χ0v) is 19.6. The van der Waals surface area contributed by atoms with E-state index in [4.69, 9.17) is 27.9 Å². The molecular weight excluding hydrogens is 483 g/mol. The van der Waals surface area contributed by atoms with Crippen LogP contribution in [-0.2, 0) is 6.54 Å². The van der Waals surface area contributed by atoms with Crippen LogP contribution in [0.15, 0.2) is 71.3 Å². The molecule has 3 nitrogen and oxygen atoms in total. The molecule has 0 radical (unpaired) electrons. The van der Waals surface area contributed by atoms with E-state index in [0.29, 0.717) is 34.4 Å². The van der Waals surface area contributed by atoms with E-state index in [0.717, 1.165) is 30.5 Å². The summed E-state index contributed by atoms with van der Waals surface area (Å²) >= 11 is 15.9. The third-order valence-electron chi connectivity index (χ3n) is 5.58. The average Bonchev–Trinajstić information content (AvgIpc) is 3.15. The van der Waals surface area contributed by atoms with Gasteiger partial charge in [-0.05, 0) is 57.6 Å². The number of benzene rings is 2. The molecule has 6 heteroatoms. The minimum absolute atomic E-state index is 0.393. The predicted octanol–water partition coefficient (Wildman–Crippen LogP) is 6.84. The van der Waals surface area contributed by atoms with Crippen LogP contribution in [0.4, 0.5) is 0 Å². The Morgan fingerprint density at radius 2 is 1.83 bits per heavy atom. The standard InChI is InChI=1S/C24H23BrCl2N2O/c25-20-7-9-24(28-13-20)30-11-10-19-15-29(14-17-4-2-1-3-5-17)16-21(19)18-6-8-22(26)23(27)12-18/h1-9,12-13,19,21H,10-11,14-16H2. The van der Waals surface area contributed by atoms with Crippen molar-refractivity contribution in [3.63, 3.8) is 0 Å². The van der Waals surface area contributed by atoms with Crippen molar-refractivity contribution in [3.8, 4) is 5.88 Å². The van der Waals surface area contributed by atoms with E-state index in [1.165, 1.54) is 11.1 Å². The van der Waals surface area contributed by atoms with Gasteiger partial charge in [0.05, 0.1) is 16.7 Å². The number of pyridine rings is 1. The van der Waals surface area contributed by atoms with E-state index in [9.17, 15) is 0 Å². The number of ether oxygens (including phenoxy) is 1. The fourth-order valence-electron chi connectivity index (χ4n) is 4.11. The molecule has 2 heterocycles. The summed E-state index contributed by atoms with van der Waals surface area (Å²) in [5.41, 5.74) is 2.58. The van der Waals surface area contributed by atoms with E-state index >= 15 is 0 Å². The maximum Gasteiger partial charge on any atom is 0.213 e. The van der Waals surface area contributed by atoms with E-state index in [-0.39, 0.29) is 0 Å². The molecule has 0 spiro atoms. The average molecular weight is 506 g/mol. The number of nitrogens with zero attached hydrogens (tertiary/aromatic N) is 2. The topological polar surface area (TPSA) is 25.4 Å². The Bertz CT molecular complexity index is 969. The lowest BCUT2D eigenvalue weighted by Gasteiger charge is -2.19. The van der Waals surface area contributed by atoms with Gasteiger partial charge in [0, 0.05) is 42.3 Å². The van der Waals surface area contributed by atoms with Crippen LogP contribution >= 0.6 is 39.1 Å². The maximum atomic E-state index is 6.32. The van der Waals surface area contributed by atoms with Gasteiger partial charge in [-0.1, -0.05) is 59.6 Å². The molecule has 30 heavy (non-hydrogen) atoms. The van der Waals surface area contributed by atoms with E-state index in [1.54, 1.807) is 6.20 Å². The summed E-state index contributed by atoms with van der Waals surface area (Å²) < 4.78 is 6.85. The monoisotopic (exact) mass is 504 g/mol. The second kappa shape index (κ2) is 10.1. The smallest absolute Gasteiger partial charge is 0.213 e. The molecule has 0 N–H and O–H groups in total. The summed E-state index contributed by atoms with van der Waals surface area (Å²) in [6.07, 6.45) is 2.71. The van der Waals surface area contributed by atoms with Crippen LogP contribution in [-0.4, -0.2) is 29.6 Å². The molecule has 0 bridgehead atoms. The fraction of sp³-hybridized carbons (Fsp3) is 0.292. The maximum absolute atomic E-state index is 6.32. The zero-order valence-electron chi connectivity index (χ0n) is 16.5. The lowest BCUT2D eigenvalue weighted by atomic mass is 9.87. The van der Waals surface area contributed by atoms with Crippen molar-refractivity contribution in [3.05, 3.63) is 92.5 Å².